The van der Waals surface area contributed by atoms with E-state index in [9.17, 15) is 0 Å². The highest BCUT2D eigenvalue weighted by molar-refractivity contribution is 14.0. The van der Waals surface area contributed by atoms with E-state index in [1.807, 2.05) is 11.8 Å². The number of hydrogen-bond acceptors (Lipinski definition) is 4. The molecule has 0 amide bonds. The van der Waals surface area contributed by atoms with Crippen LogP contribution in [0.25, 0.3) is 0 Å². The second-order valence-electron chi connectivity index (χ2n) is 5.96. The SMILES string of the molecule is CCc1nncn1CCNC(=NCCCc1ccccc1)NCCSC.I. The van der Waals surface area contributed by atoms with Gasteiger partial charge in [0.05, 0.1) is 0 Å². The molecule has 2 N–H and O–H groups in total. The molecule has 2 aromatic rings. The number of guanidine groups is 1. The summed E-state index contributed by atoms with van der Waals surface area (Å²) >= 11 is 1.83. The van der Waals surface area contributed by atoms with Gasteiger partial charge in [-0.05, 0) is 24.7 Å². The summed E-state index contributed by atoms with van der Waals surface area (Å²) in [5, 5.41) is 14.9. The Bertz CT molecular complexity index is 647. The van der Waals surface area contributed by atoms with Gasteiger partial charge in [0.2, 0.25) is 0 Å². The number of thioether (sulfide) groups is 1. The van der Waals surface area contributed by atoms with Crippen LogP contribution in [0.2, 0.25) is 0 Å². The Morgan fingerprint density at radius 3 is 2.70 bits per heavy atom. The molecule has 1 aromatic heterocycles. The molecule has 0 unspecified atom stereocenters. The molecule has 2 rings (SSSR count). The highest BCUT2D eigenvalue weighted by Gasteiger charge is 2.02. The highest BCUT2D eigenvalue weighted by atomic mass is 127. The summed E-state index contributed by atoms with van der Waals surface area (Å²) in [4.78, 5) is 4.72. The first kappa shape index (κ1) is 23.7. The summed E-state index contributed by atoms with van der Waals surface area (Å²) < 4.78 is 2.09. The lowest BCUT2D eigenvalue weighted by Gasteiger charge is -2.13. The Balaban J connectivity index is 0.00000364. The minimum Gasteiger partial charge on any atom is -0.356 e. The van der Waals surface area contributed by atoms with Gasteiger partial charge in [-0.2, -0.15) is 11.8 Å². The average molecular weight is 502 g/mol. The summed E-state index contributed by atoms with van der Waals surface area (Å²) in [6.45, 7) is 5.46. The number of aryl methyl sites for hydroxylation is 2. The smallest absolute Gasteiger partial charge is 0.191 e. The van der Waals surface area contributed by atoms with Crippen LogP contribution >= 0.6 is 35.7 Å². The molecule has 0 aliphatic heterocycles. The molecule has 1 heterocycles. The quantitative estimate of drug-likeness (QED) is 0.214. The Kier molecular flexibility index (Phi) is 13.0. The van der Waals surface area contributed by atoms with Crippen molar-refractivity contribution in [3.05, 3.63) is 48.0 Å². The van der Waals surface area contributed by atoms with Gasteiger partial charge >= 0.3 is 0 Å². The van der Waals surface area contributed by atoms with E-state index in [1.165, 1.54) is 5.56 Å². The number of nitrogens with zero attached hydrogens (tertiary/aromatic N) is 4. The molecule has 0 fully saturated rings. The van der Waals surface area contributed by atoms with Gasteiger partial charge in [0, 0.05) is 38.4 Å². The van der Waals surface area contributed by atoms with Gasteiger partial charge in [-0.1, -0.05) is 37.3 Å². The van der Waals surface area contributed by atoms with Gasteiger partial charge in [0.25, 0.3) is 0 Å². The van der Waals surface area contributed by atoms with Gasteiger partial charge < -0.3 is 15.2 Å². The molecule has 8 heteroatoms. The maximum atomic E-state index is 4.72. The number of aromatic nitrogens is 3. The lowest BCUT2D eigenvalue weighted by atomic mass is 10.1. The van der Waals surface area contributed by atoms with Crippen LogP contribution in [0.4, 0.5) is 0 Å². The first-order valence-corrected chi connectivity index (χ1v) is 10.6. The van der Waals surface area contributed by atoms with E-state index in [4.69, 9.17) is 4.99 Å². The molecular formula is C19H31IN6S. The van der Waals surface area contributed by atoms with E-state index in [-0.39, 0.29) is 24.0 Å². The first-order valence-electron chi connectivity index (χ1n) is 9.25. The standard InChI is InChI=1S/C19H30N6S.HI/c1-3-18-24-23-16-25(18)14-12-21-19(22-13-15-26-2)20-11-7-10-17-8-5-4-6-9-17;/h4-6,8-9,16H,3,7,10-15H2,1-2H3,(H2,20,21,22);1H. The lowest BCUT2D eigenvalue weighted by molar-refractivity contribution is 0.632. The van der Waals surface area contributed by atoms with E-state index in [0.29, 0.717) is 0 Å². The highest BCUT2D eigenvalue weighted by Crippen LogP contribution is 2.02. The predicted molar refractivity (Wildman–Crippen MR) is 126 cm³/mol. The Morgan fingerprint density at radius 2 is 1.96 bits per heavy atom. The van der Waals surface area contributed by atoms with Gasteiger partial charge in [-0.25, -0.2) is 0 Å². The zero-order valence-electron chi connectivity index (χ0n) is 16.2. The summed E-state index contributed by atoms with van der Waals surface area (Å²) in [6.07, 6.45) is 6.91. The van der Waals surface area contributed by atoms with Crippen molar-refractivity contribution in [3.63, 3.8) is 0 Å². The second-order valence-corrected chi connectivity index (χ2v) is 6.95. The number of rotatable bonds is 11. The number of nitrogens with one attached hydrogen (secondary N) is 2. The largest absolute Gasteiger partial charge is 0.356 e. The molecule has 150 valence electrons. The first-order chi connectivity index (χ1) is 12.8. The van der Waals surface area contributed by atoms with Crippen LogP contribution < -0.4 is 10.6 Å². The Morgan fingerprint density at radius 1 is 1.19 bits per heavy atom. The zero-order chi connectivity index (χ0) is 18.5. The average Bonchev–Trinajstić information content (AvgIpc) is 3.13. The van der Waals surface area contributed by atoms with Crippen LogP contribution in [-0.4, -0.2) is 52.4 Å². The third-order valence-electron chi connectivity index (χ3n) is 3.99. The third kappa shape index (κ3) is 9.46. The van der Waals surface area contributed by atoms with Crippen molar-refractivity contribution >= 4 is 41.7 Å². The van der Waals surface area contributed by atoms with Crippen molar-refractivity contribution < 1.29 is 0 Å². The van der Waals surface area contributed by atoms with Gasteiger partial charge in [-0.3, -0.25) is 4.99 Å². The molecule has 0 aliphatic carbocycles. The van der Waals surface area contributed by atoms with E-state index in [1.54, 1.807) is 6.33 Å². The van der Waals surface area contributed by atoms with E-state index < -0.39 is 0 Å². The molecule has 0 bridgehead atoms. The van der Waals surface area contributed by atoms with Crippen molar-refractivity contribution in [2.75, 3.05) is 31.6 Å². The molecule has 0 atom stereocenters. The summed E-state index contributed by atoms with van der Waals surface area (Å²) in [5.41, 5.74) is 1.37. The summed E-state index contributed by atoms with van der Waals surface area (Å²) in [7, 11) is 0. The number of halogens is 1. The van der Waals surface area contributed by atoms with Gasteiger partial charge in [0.1, 0.15) is 12.2 Å². The second kappa shape index (κ2) is 14.7. The third-order valence-corrected chi connectivity index (χ3v) is 4.60. The Labute approximate surface area is 184 Å². The fraction of sp³-hybridized carbons (Fsp3) is 0.526. The molecule has 0 spiro atoms. The monoisotopic (exact) mass is 502 g/mol. The molecule has 6 nitrogen and oxygen atoms in total. The van der Waals surface area contributed by atoms with Crippen LogP contribution in [0.1, 0.15) is 24.7 Å². The van der Waals surface area contributed by atoms with Crippen molar-refractivity contribution in [3.8, 4) is 0 Å². The minimum absolute atomic E-state index is 0. The number of hydrogen-bond donors (Lipinski definition) is 2. The summed E-state index contributed by atoms with van der Waals surface area (Å²) in [6, 6.07) is 10.6. The molecule has 0 saturated heterocycles. The molecule has 0 radical (unpaired) electrons. The predicted octanol–water partition coefficient (Wildman–Crippen LogP) is 2.99. The zero-order valence-corrected chi connectivity index (χ0v) is 19.4. The molecule has 0 aliphatic rings. The topological polar surface area (TPSA) is 67.1 Å². The van der Waals surface area contributed by atoms with Crippen LogP contribution in [0, 0.1) is 0 Å². The maximum absolute atomic E-state index is 4.72. The van der Waals surface area contributed by atoms with Crippen molar-refractivity contribution in [1.82, 2.24) is 25.4 Å². The summed E-state index contributed by atoms with van der Waals surface area (Å²) in [5.74, 6) is 2.97. The van der Waals surface area contributed by atoms with E-state index in [2.05, 4.69) is 68.9 Å². The minimum atomic E-state index is 0. The maximum Gasteiger partial charge on any atom is 0.191 e. The van der Waals surface area contributed by atoms with E-state index >= 15 is 0 Å². The molecule has 1 aromatic carbocycles. The Hall–Kier alpha value is -1.29. The number of benzene rings is 1. The van der Waals surface area contributed by atoms with Crippen molar-refractivity contribution in [1.29, 1.82) is 0 Å². The normalized spacial score (nSPS) is 11.1. The van der Waals surface area contributed by atoms with Crippen molar-refractivity contribution in [2.45, 2.75) is 32.7 Å². The molecule has 27 heavy (non-hydrogen) atoms. The van der Waals surface area contributed by atoms with Gasteiger partial charge in [0.15, 0.2) is 5.96 Å². The van der Waals surface area contributed by atoms with Crippen LogP contribution in [0.5, 0.6) is 0 Å². The lowest BCUT2D eigenvalue weighted by Crippen LogP contribution is -2.40. The van der Waals surface area contributed by atoms with Crippen LogP contribution in [-0.2, 0) is 19.4 Å². The molecular weight excluding hydrogens is 471 g/mol. The van der Waals surface area contributed by atoms with Gasteiger partial charge in [-0.15, -0.1) is 34.2 Å². The van der Waals surface area contributed by atoms with Crippen LogP contribution in [0.3, 0.4) is 0 Å². The molecule has 0 saturated carbocycles. The van der Waals surface area contributed by atoms with Crippen molar-refractivity contribution in [2.24, 2.45) is 4.99 Å². The fourth-order valence-corrected chi connectivity index (χ4v) is 2.90. The number of aliphatic imine (C=N–C) groups is 1. The van der Waals surface area contributed by atoms with E-state index in [0.717, 1.165) is 63.0 Å². The van der Waals surface area contributed by atoms with Crippen LogP contribution in [0.15, 0.2) is 41.7 Å². The fourth-order valence-electron chi connectivity index (χ4n) is 2.60.